The molecule has 0 atom stereocenters. The number of methoxy groups -OCH3 is 1. The molecule has 7 nitrogen and oxygen atoms in total. The van der Waals surface area contributed by atoms with Gasteiger partial charge in [0.05, 0.1) is 30.7 Å². The zero-order chi connectivity index (χ0) is 22.0. The van der Waals surface area contributed by atoms with E-state index in [4.69, 9.17) is 9.15 Å². The first kappa shape index (κ1) is 20.3. The van der Waals surface area contributed by atoms with Crippen LogP contribution in [0.15, 0.2) is 65.1 Å². The molecule has 0 aliphatic rings. The van der Waals surface area contributed by atoms with Crippen LogP contribution in [0.2, 0.25) is 0 Å². The van der Waals surface area contributed by atoms with Crippen molar-refractivity contribution in [2.24, 2.45) is 0 Å². The van der Waals surface area contributed by atoms with Gasteiger partial charge in [0.25, 0.3) is 0 Å². The zero-order valence-corrected chi connectivity index (χ0v) is 17.6. The average Bonchev–Trinajstić information content (AvgIpc) is 3.14. The van der Waals surface area contributed by atoms with E-state index in [0.29, 0.717) is 28.4 Å². The summed E-state index contributed by atoms with van der Waals surface area (Å²) in [7, 11) is 3.25. The SMILES string of the molecule is COc1cc2c(cc1NC(=O)CNc1ccccc1N(C)C(C)=O)oc1ccccc12. The molecule has 0 aliphatic heterocycles. The number of carbonyl (C=O) groups excluding carboxylic acids is 2. The molecule has 0 saturated carbocycles. The zero-order valence-electron chi connectivity index (χ0n) is 17.6. The van der Waals surface area contributed by atoms with Gasteiger partial charge in [0.15, 0.2) is 0 Å². The van der Waals surface area contributed by atoms with Gasteiger partial charge in [-0.25, -0.2) is 0 Å². The lowest BCUT2D eigenvalue weighted by molar-refractivity contribution is -0.116. The number of benzene rings is 3. The van der Waals surface area contributed by atoms with E-state index >= 15 is 0 Å². The summed E-state index contributed by atoms with van der Waals surface area (Å²) in [5.41, 5.74) is 3.35. The Bertz CT molecular complexity index is 1280. The molecule has 0 fully saturated rings. The van der Waals surface area contributed by atoms with Crippen LogP contribution in [0, 0.1) is 0 Å². The second-order valence-corrected chi connectivity index (χ2v) is 7.14. The Balaban J connectivity index is 1.54. The van der Waals surface area contributed by atoms with Gasteiger partial charge in [0, 0.05) is 30.8 Å². The summed E-state index contributed by atoms with van der Waals surface area (Å²) < 4.78 is 11.4. The molecule has 3 aromatic carbocycles. The van der Waals surface area contributed by atoms with Crippen molar-refractivity contribution in [2.75, 3.05) is 36.2 Å². The van der Waals surface area contributed by atoms with E-state index in [0.717, 1.165) is 16.4 Å². The number of ether oxygens (including phenoxy) is 1. The van der Waals surface area contributed by atoms with Crippen molar-refractivity contribution in [3.05, 3.63) is 60.7 Å². The summed E-state index contributed by atoms with van der Waals surface area (Å²) in [4.78, 5) is 25.9. The van der Waals surface area contributed by atoms with Gasteiger partial charge < -0.3 is 24.7 Å². The molecule has 0 radical (unpaired) electrons. The highest BCUT2D eigenvalue weighted by molar-refractivity contribution is 6.08. The minimum atomic E-state index is -0.256. The maximum Gasteiger partial charge on any atom is 0.243 e. The summed E-state index contributed by atoms with van der Waals surface area (Å²) in [6.45, 7) is 1.51. The number of carbonyl (C=O) groups is 2. The molecular weight excluding hydrogens is 394 g/mol. The van der Waals surface area contributed by atoms with Crippen LogP contribution in [-0.4, -0.2) is 32.5 Å². The maximum atomic E-state index is 12.6. The van der Waals surface area contributed by atoms with Crippen molar-refractivity contribution >= 4 is 50.8 Å². The lowest BCUT2D eigenvalue weighted by Crippen LogP contribution is -2.26. The minimum absolute atomic E-state index is 0.0179. The van der Waals surface area contributed by atoms with Crippen molar-refractivity contribution in [3.8, 4) is 5.75 Å². The minimum Gasteiger partial charge on any atom is -0.495 e. The Morgan fingerprint density at radius 1 is 0.968 bits per heavy atom. The van der Waals surface area contributed by atoms with Gasteiger partial charge in [-0.05, 0) is 24.3 Å². The first-order valence-electron chi connectivity index (χ1n) is 9.84. The number of rotatable bonds is 6. The van der Waals surface area contributed by atoms with Crippen LogP contribution in [0.4, 0.5) is 17.1 Å². The summed E-state index contributed by atoms with van der Waals surface area (Å²) in [5.74, 6) is 0.195. The molecule has 0 bridgehead atoms. The van der Waals surface area contributed by atoms with Crippen LogP contribution >= 0.6 is 0 Å². The van der Waals surface area contributed by atoms with Gasteiger partial charge in [0.2, 0.25) is 11.8 Å². The van der Waals surface area contributed by atoms with Crippen LogP contribution in [0.25, 0.3) is 21.9 Å². The lowest BCUT2D eigenvalue weighted by atomic mass is 10.1. The van der Waals surface area contributed by atoms with Crippen molar-refractivity contribution in [3.63, 3.8) is 0 Å². The van der Waals surface area contributed by atoms with E-state index in [1.807, 2.05) is 54.6 Å². The quantitative estimate of drug-likeness (QED) is 0.478. The molecule has 0 unspecified atom stereocenters. The molecule has 31 heavy (non-hydrogen) atoms. The topological polar surface area (TPSA) is 83.8 Å². The Hall–Kier alpha value is -4.00. The van der Waals surface area contributed by atoms with Crippen molar-refractivity contribution < 1.29 is 18.7 Å². The number of amides is 2. The lowest BCUT2D eigenvalue weighted by Gasteiger charge is -2.19. The van der Waals surface area contributed by atoms with E-state index in [1.165, 1.54) is 11.8 Å². The maximum absolute atomic E-state index is 12.6. The van der Waals surface area contributed by atoms with E-state index in [9.17, 15) is 9.59 Å². The first-order chi connectivity index (χ1) is 15.0. The summed E-state index contributed by atoms with van der Waals surface area (Å²) in [6.07, 6.45) is 0. The number of para-hydroxylation sites is 3. The smallest absolute Gasteiger partial charge is 0.243 e. The molecule has 0 aliphatic carbocycles. The van der Waals surface area contributed by atoms with Gasteiger partial charge in [-0.1, -0.05) is 30.3 Å². The highest BCUT2D eigenvalue weighted by Crippen LogP contribution is 2.36. The number of nitrogens with one attached hydrogen (secondary N) is 2. The number of hydrogen-bond acceptors (Lipinski definition) is 5. The van der Waals surface area contributed by atoms with Gasteiger partial charge in [0.1, 0.15) is 16.9 Å². The van der Waals surface area contributed by atoms with Gasteiger partial charge in [-0.15, -0.1) is 0 Å². The number of nitrogens with zero attached hydrogens (tertiary/aromatic N) is 1. The molecule has 4 rings (SSSR count). The molecule has 4 aromatic rings. The van der Waals surface area contributed by atoms with Crippen molar-refractivity contribution in [2.45, 2.75) is 6.92 Å². The normalized spacial score (nSPS) is 10.8. The van der Waals surface area contributed by atoms with Gasteiger partial charge >= 0.3 is 0 Å². The van der Waals surface area contributed by atoms with Crippen LogP contribution in [0.1, 0.15) is 6.92 Å². The van der Waals surface area contributed by atoms with Crippen molar-refractivity contribution in [1.82, 2.24) is 0 Å². The van der Waals surface area contributed by atoms with Crippen LogP contribution in [-0.2, 0) is 9.59 Å². The third-order valence-corrected chi connectivity index (χ3v) is 5.15. The number of fused-ring (bicyclic) bond motifs is 3. The molecule has 2 amide bonds. The second kappa shape index (κ2) is 8.39. The van der Waals surface area contributed by atoms with Gasteiger partial charge in [-0.2, -0.15) is 0 Å². The fourth-order valence-corrected chi connectivity index (χ4v) is 3.47. The monoisotopic (exact) mass is 417 g/mol. The third-order valence-electron chi connectivity index (χ3n) is 5.15. The van der Waals surface area contributed by atoms with Gasteiger partial charge in [-0.3, -0.25) is 9.59 Å². The Morgan fingerprint density at radius 2 is 1.71 bits per heavy atom. The predicted octanol–water partition coefficient (Wildman–Crippen LogP) is 4.63. The molecule has 1 aromatic heterocycles. The number of anilines is 3. The first-order valence-corrected chi connectivity index (χ1v) is 9.84. The molecule has 7 heteroatoms. The molecule has 1 heterocycles. The Morgan fingerprint density at radius 3 is 2.48 bits per heavy atom. The largest absolute Gasteiger partial charge is 0.495 e. The third kappa shape index (κ3) is 4.02. The molecule has 0 saturated heterocycles. The summed E-state index contributed by atoms with van der Waals surface area (Å²) >= 11 is 0. The number of furan rings is 1. The second-order valence-electron chi connectivity index (χ2n) is 7.14. The highest BCUT2D eigenvalue weighted by Gasteiger charge is 2.15. The highest BCUT2D eigenvalue weighted by atomic mass is 16.5. The number of hydrogen-bond donors (Lipinski definition) is 2. The molecule has 2 N–H and O–H groups in total. The fourth-order valence-electron chi connectivity index (χ4n) is 3.47. The van der Waals surface area contributed by atoms with E-state index < -0.39 is 0 Å². The predicted molar refractivity (Wildman–Crippen MR) is 123 cm³/mol. The van der Waals surface area contributed by atoms with Crippen LogP contribution in [0.3, 0.4) is 0 Å². The summed E-state index contributed by atoms with van der Waals surface area (Å²) in [6, 6.07) is 18.7. The van der Waals surface area contributed by atoms with E-state index in [-0.39, 0.29) is 18.4 Å². The van der Waals surface area contributed by atoms with Crippen LogP contribution < -0.4 is 20.3 Å². The fraction of sp³-hybridized carbons (Fsp3) is 0.167. The molecular formula is C24H23N3O4. The molecule has 158 valence electrons. The standard InChI is InChI=1S/C24H23N3O4/c1-15(28)27(2)20-10-6-5-9-18(20)25-14-24(29)26-19-13-22-17(12-23(19)30-3)16-8-4-7-11-21(16)31-22/h4-13,25H,14H2,1-3H3,(H,26,29). The van der Waals surface area contributed by atoms with Crippen LogP contribution in [0.5, 0.6) is 5.75 Å². The Labute approximate surface area is 179 Å². The molecule has 0 spiro atoms. The van der Waals surface area contributed by atoms with Crippen molar-refractivity contribution in [1.29, 1.82) is 0 Å². The van der Waals surface area contributed by atoms with E-state index in [2.05, 4.69) is 10.6 Å². The average molecular weight is 417 g/mol. The summed E-state index contributed by atoms with van der Waals surface area (Å²) in [5, 5.41) is 7.88. The van der Waals surface area contributed by atoms with E-state index in [1.54, 1.807) is 20.2 Å². The Kier molecular flexibility index (Phi) is 5.49.